The van der Waals surface area contributed by atoms with Crippen molar-refractivity contribution in [1.29, 1.82) is 0 Å². The Bertz CT molecular complexity index is 853. The van der Waals surface area contributed by atoms with E-state index >= 15 is 0 Å². The third-order valence-electron chi connectivity index (χ3n) is 4.19. The van der Waals surface area contributed by atoms with Crippen LogP contribution in [-0.4, -0.2) is 25.2 Å². The molecule has 5 heteroatoms. The number of hydrogen-bond acceptors (Lipinski definition) is 4. The second-order valence-electron chi connectivity index (χ2n) is 6.18. The molecule has 0 spiro atoms. The molecule has 3 rings (SSSR count). The van der Waals surface area contributed by atoms with Crippen LogP contribution in [0.1, 0.15) is 32.2 Å². The van der Waals surface area contributed by atoms with Gasteiger partial charge in [0.25, 0.3) is 0 Å². The maximum absolute atomic E-state index is 12.2. The van der Waals surface area contributed by atoms with Gasteiger partial charge in [0, 0.05) is 5.02 Å². The van der Waals surface area contributed by atoms with Gasteiger partial charge in [-0.3, -0.25) is 0 Å². The zero-order chi connectivity index (χ0) is 19.8. The molecule has 3 aromatic carbocycles. The number of rotatable bonds is 7. The number of halogens is 1. The number of benzene rings is 3. The molecule has 3 aromatic rings. The van der Waals surface area contributed by atoms with Crippen molar-refractivity contribution in [3.8, 4) is 0 Å². The fraction of sp³-hybridized carbons (Fsp3) is 0.130. The lowest BCUT2D eigenvalue weighted by molar-refractivity contribution is 0.0347. The normalized spacial score (nSPS) is 10.5. The Morgan fingerprint density at radius 2 is 1.11 bits per heavy atom. The van der Waals surface area contributed by atoms with E-state index in [1.807, 2.05) is 24.3 Å². The van der Waals surface area contributed by atoms with Crippen LogP contribution in [0.15, 0.2) is 84.9 Å². The second kappa shape index (κ2) is 9.72. The predicted octanol–water partition coefficient (Wildman–Crippen LogP) is 5.14. The number of carbonyl (C=O) groups excluding carboxylic acids is 2. The van der Waals surface area contributed by atoms with Crippen molar-refractivity contribution in [1.82, 2.24) is 0 Å². The zero-order valence-electron chi connectivity index (χ0n) is 15.1. The first-order valence-electron chi connectivity index (χ1n) is 8.83. The standard InChI is InChI=1S/C23H19ClO4/c24-21-13-11-17(12-14-21)20(15-27-22(25)18-7-3-1-4-8-18)16-28-23(26)19-9-5-2-6-10-19/h1-14,20H,15-16H2. The molecule has 0 aliphatic rings. The summed E-state index contributed by atoms with van der Waals surface area (Å²) >= 11 is 5.96. The van der Waals surface area contributed by atoms with Crippen LogP contribution in [0.2, 0.25) is 5.02 Å². The predicted molar refractivity (Wildman–Crippen MR) is 108 cm³/mol. The summed E-state index contributed by atoms with van der Waals surface area (Å²) in [4.78, 5) is 24.5. The van der Waals surface area contributed by atoms with Gasteiger partial charge in [0.15, 0.2) is 0 Å². The molecule has 0 aliphatic heterocycles. The van der Waals surface area contributed by atoms with Crippen molar-refractivity contribution in [2.75, 3.05) is 13.2 Å². The van der Waals surface area contributed by atoms with Gasteiger partial charge in [-0.25, -0.2) is 9.59 Å². The van der Waals surface area contributed by atoms with Crippen molar-refractivity contribution in [2.45, 2.75) is 5.92 Å². The molecule has 0 bridgehead atoms. The van der Waals surface area contributed by atoms with E-state index in [9.17, 15) is 9.59 Å². The molecule has 0 heterocycles. The van der Waals surface area contributed by atoms with Crippen molar-refractivity contribution >= 4 is 23.5 Å². The van der Waals surface area contributed by atoms with Crippen LogP contribution in [0.25, 0.3) is 0 Å². The maximum atomic E-state index is 12.2. The van der Waals surface area contributed by atoms with Crippen LogP contribution in [0.5, 0.6) is 0 Å². The number of carbonyl (C=O) groups is 2. The third kappa shape index (κ3) is 5.44. The van der Waals surface area contributed by atoms with Gasteiger partial charge in [0.05, 0.1) is 17.0 Å². The first kappa shape index (κ1) is 19.6. The highest BCUT2D eigenvalue weighted by atomic mass is 35.5. The molecule has 142 valence electrons. The van der Waals surface area contributed by atoms with E-state index < -0.39 is 11.9 Å². The van der Waals surface area contributed by atoms with E-state index in [2.05, 4.69) is 0 Å². The summed E-state index contributed by atoms with van der Waals surface area (Å²) < 4.78 is 10.9. The molecule has 0 fully saturated rings. The summed E-state index contributed by atoms with van der Waals surface area (Å²) in [5.41, 5.74) is 1.81. The summed E-state index contributed by atoms with van der Waals surface area (Å²) in [7, 11) is 0. The molecular weight excluding hydrogens is 376 g/mol. The molecule has 0 saturated carbocycles. The number of esters is 2. The average Bonchev–Trinajstić information content (AvgIpc) is 2.75. The van der Waals surface area contributed by atoms with Gasteiger partial charge < -0.3 is 9.47 Å². The van der Waals surface area contributed by atoms with E-state index in [4.69, 9.17) is 21.1 Å². The van der Waals surface area contributed by atoms with Crippen molar-refractivity contribution in [3.05, 3.63) is 107 Å². The fourth-order valence-electron chi connectivity index (χ4n) is 2.64. The quantitative estimate of drug-likeness (QED) is 0.521. The molecule has 0 saturated heterocycles. The minimum atomic E-state index is -0.422. The lowest BCUT2D eigenvalue weighted by Gasteiger charge is -2.18. The smallest absolute Gasteiger partial charge is 0.338 e. The van der Waals surface area contributed by atoms with E-state index in [0.29, 0.717) is 16.1 Å². The van der Waals surface area contributed by atoms with Crippen molar-refractivity contribution < 1.29 is 19.1 Å². The van der Waals surface area contributed by atoms with Crippen molar-refractivity contribution in [2.24, 2.45) is 0 Å². The van der Waals surface area contributed by atoms with E-state index in [1.165, 1.54) is 0 Å². The highest BCUT2D eigenvalue weighted by Crippen LogP contribution is 2.21. The van der Waals surface area contributed by atoms with Crippen LogP contribution in [0, 0.1) is 0 Å². The molecule has 0 aliphatic carbocycles. The topological polar surface area (TPSA) is 52.6 Å². The number of ether oxygens (including phenoxy) is 2. The first-order chi connectivity index (χ1) is 13.6. The van der Waals surface area contributed by atoms with Gasteiger partial charge in [-0.05, 0) is 42.0 Å². The SMILES string of the molecule is O=C(OCC(COC(=O)c1ccccc1)c1ccc(Cl)cc1)c1ccccc1. The minimum Gasteiger partial charge on any atom is -0.461 e. The lowest BCUT2D eigenvalue weighted by Crippen LogP contribution is -2.19. The third-order valence-corrected chi connectivity index (χ3v) is 4.44. The van der Waals surface area contributed by atoms with Crippen LogP contribution >= 0.6 is 11.6 Å². The van der Waals surface area contributed by atoms with Gasteiger partial charge in [0.2, 0.25) is 0 Å². The van der Waals surface area contributed by atoms with Crippen LogP contribution in [0.3, 0.4) is 0 Å². The fourth-order valence-corrected chi connectivity index (χ4v) is 2.77. The minimum absolute atomic E-state index is 0.0808. The van der Waals surface area contributed by atoms with Crippen LogP contribution < -0.4 is 0 Å². The summed E-state index contributed by atoms with van der Waals surface area (Å²) in [6, 6.07) is 24.7. The Kier molecular flexibility index (Phi) is 6.82. The molecule has 0 atom stereocenters. The molecule has 0 amide bonds. The summed E-state index contributed by atoms with van der Waals surface area (Å²) in [6.07, 6.45) is 0. The molecule has 4 nitrogen and oxygen atoms in total. The maximum Gasteiger partial charge on any atom is 0.338 e. The monoisotopic (exact) mass is 394 g/mol. The summed E-state index contributed by atoms with van der Waals surface area (Å²) in [5, 5.41) is 0.602. The highest BCUT2D eigenvalue weighted by Gasteiger charge is 2.18. The van der Waals surface area contributed by atoms with Gasteiger partial charge in [-0.15, -0.1) is 0 Å². The van der Waals surface area contributed by atoms with Crippen LogP contribution in [-0.2, 0) is 9.47 Å². The molecular formula is C23H19ClO4. The largest absolute Gasteiger partial charge is 0.461 e. The first-order valence-corrected chi connectivity index (χ1v) is 9.21. The Hall–Kier alpha value is -3.11. The summed E-state index contributed by atoms with van der Waals surface area (Å²) in [6.45, 7) is 0.162. The zero-order valence-corrected chi connectivity index (χ0v) is 15.8. The van der Waals surface area contributed by atoms with Gasteiger partial charge in [-0.2, -0.15) is 0 Å². The Morgan fingerprint density at radius 3 is 1.54 bits per heavy atom. The Labute approximate surface area is 168 Å². The molecule has 0 N–H and O–H groups in total. The van der Waals surface area contributed by atoms with Crippen molar-refractivity contribution in [3.63, 3.8) is 0 Å². The van der Waals surface area contributed by atoms with Gasteiger partial charge in [0.1, 0.15) is 13.2 Å². The molecule has 0 aromatic heterocycles. The van der Waals surface area contributed by atoms with Gasteiger partial charge >= 0.3 is 11.9 Å². The Balaban J connectivity index is 1.67. The molecule has 0 unspecified atom stereocenters. The lowest BCUT2D eigenvalue weighted by atomic mass is 10.0. The summed E-state index contributed by atoms with van der Waals surface area (Å²) in [5.74, 6) is -1.15. The van der Waals surface area contributed by atoms with E-state index in [-0.39, 0.29) is 19.1 Å². The highest BCUT2D eigenvalue weighted by molar-refractivity contribution is 6.30. The average molecular weight is 395 g/mol. The van der Waals surface area contributed by atoms with E-state index in [1.54, 1.807) is 60.7 Å². The number of hydrogen-bond donors (Lipinski definition) is 0. The van der Waals surface area contributed by atoms with E-state index in [0.717, 1.165) is 5.56 Å². The molecule has 28 heavy (non-hydrogen) atoms. The van der Waals surface area contributed by atoms with Gasteiger partial charge in [-0.1, -0.05) is 60.1 Å². The Morgan fingerprint density at radius 1 is 0.679 bits per heavy atom. The molecule has 0 radical (unpaired) electrons. The van der Waals surface area contributed by atoms with Crippen LogP contribution in [0.4, 0.5) is 0 Å². The second-order valence-corrected chi connectivity index (χ2v) is 6.61.